The van der Waals surface area contributed by atoms with E-state index < -0.39 is 82.3 Å². The van der Waals surface area contributed by atoms with Crippen molar-refractivity contribution in [3.8, 4) is 0 Å². The molecule has 0 spiro atoms. The Morgan fingerprint density at radius 1 is 0.867 bits per heavy atom. The van der Waals surface area contributed by atoms with Crippen molar-refractivity contribution < 1.29 is 46.1 Å². The number of halogens is 2. The van der Waals surface area contributed by atoms with Crippen LogP contribution < -0.4 is 17.0 Å². The summed E-state index contributed by atoms with van der Waals surface area (Å²) < 4.78 is 68.2. The van der Waals surface area contributed by atoms with Crippen LogP contribution in [0.1, 0.15) is 12.5 Å². The number of thiol groups is 2. The highest BCUT2D eigenvalue weighted by Gasteiger charge is 2.60. The molecule has 4 aromatic heterocycles. The number of aromatic amines is 1. The van der Waals surface area contributed by atoms with E-state index in [1.165, 1.54) is 15.5 Å². The van der Waals surface area contributed by atoms with Crippen LogP contribution in [0.4, 0.5) is 20.5 Å². The zero-order valence-corrected chi connectivity index (χ0v) is 25.9. The van der Waals surface area contributed by atoms with Crippen LogP contribution in [0.15, 0.2) is 23.8 Å². The number of fused-ring (bicyclic) bond motifs is 5. The summed E-state index contributed by atoms with van der Waals surface area (Å²) in [5.74, 6) is -0.196. The Hall–Kier alpha value is -2.40. The van der Waals surface area contributed by atoms with E-state index in [1.807, 2.05) is 0 Å². The van der Waals surface area contributed by atoms with Gasteiger partial charge in [-0.3, -0.25) is 18.9 Å². The monoisotopic (exact) mass is 712 g/mol. The van der Waals surface area contributed by atoms with Gasteiger partial charge in [0.2, 0.25) is 5.95 Å². The van der Waals surface area contributed by atoms with Gasteiger partial charge in [0, 0.05) is 0 Å². The summed E-state index contributed by atoms with van der Waals surface area (Å²) in [6.45, 7) is -1.29. The molecule has 0 aromatic carbocycles. The first-order valence-corrected chi connectivity index (χ1v) is 18.4. The lowest BCUT2D eigenvalue weighted by Crippen LogP contribution is -2.34. The van der Waals surface area contributed by atoms with Gasteiger partial charge >= 0.3 is 14.3 Å². The molecule has 3 aliphatic rings. The highest BCUT2D eigenvalue weighted by Crippen LogP contribution is 2.67. The molecule has 7 N–H and O–H groups in total. The quantitative estimate of drug-likeness (QED) is 0.111. The fraction of sp³-hybridized carbons (Fsp3) is 0.500. The van der Waals surface area contributed by atoms with Gasteiger partial charge in [0.1, 0.15) is 37.3 Å². The maximum absolute atomic E-state index is 16.0. The van der Waals surface area contributed by atoms with Crippen LogP contribution in [0.25, 0.3) is 22.3 Å². The van der Waals surface area contributed by atoms with Gasteiger partial charge in [0.15, 0.2) is 59.6 Å². The van der Waals surface area contributed by atoms with Crippen molar-refractivity contribution in [3.05, 3.63) is 29.3 Å². The van der Waals surface area contributed by atoms with E-state index in [0.29, 0.717) is 0 Å². The molecule has 2 unspecified atom stereocenters. The number of alkyl halides is 2. The molecule has 3 fully saturated rings. The number of ether oxygens (including phenoxy) is 2. The van der Waals surface area contributed by atoms with Crippen molar-refractivity contribution in [1.29, 1.82) is 0 Å². The second-order valence-corrected chi connectivity index (χ2v) is 16.0. The van der Waals surface area contributed by atoms with Crippen LogP contribution >= 0.6 is 38.8 Å². The Morgan fingerprint density at radius 3 is 2.22 bits per heavy atom. The van der Waals surface area contributed by atoms with E-state index in [2.05, 4.69) is 54.4 Å². The number of hydrogen-bond donors (Lipinski definition) is 7. The zero-order valence-electron chi connectivity index (χ0n) is 22.3. The van der Waals surface area contributed by atoms with Crippen LogP contribution in [-0.2, 0) is 27.6 Å². The topological polar surface area (TPSA) is 255 Å². The Labute approximate surface area is 261 Å². The molecule has 25 heteroatoms. The van der Waals surface area contributed by atoms with Gasteiger partial charge in [-0.2, -0.15) is 32.9 Å². The van der Waals surface area contributed by atoms with Crippen LogP contribution in [0.3, 0.4) is 0 Å². The first-order valence-electron chi connectivity index (χ1n) is 12.9. The molecule has 10 atom stereocenters. The molecule has 0 amide bonds. The van der Waals surface area contributed by atoms with Gasteiger partial charge in [-0.1, -0.05) is 0 Å². The number of nitrogen functional groups attached to an aromatic ring is 2. The molecule has 45 heavy (non-hydrogen) atoms. The lowest BCUT2D eigenvalue weighted by atomic mass is 10.1. The normalized spacial score (nSPS) is 37.7. The summed E-state index contributed by atoms with van der Waals surface area (Å²) in [6.07, 6.45) is -9.37. The molecule has 3 saturated heterocycles. The van der Waals surface area contributed by atoms with Gasteiger partial charge in [0.25, 0.3) is 5.56 Å². The number of H-pyrrole nitrogens is 1. The molecule has 2 bridgehead atoms. The van der Waals surface area contributed by atoms with Gasteiger partial charge in [-0.15, -0.1) is 0 Å². The molecular weight excluding hydrogens is 688 g/mol. The van der Waals surface area contributed by atoms with Gasteiger partial charge in [-0.25, -0.2) is 28.7 Å². The van der Waals surface area contributed by atoms with Crippen LogP contribution in [-0.4, -0.2) is 98.8 Å². The maximum atomic E-state index is 16.0. The SMILES string of the molecule is Nc1nc2c(ncn2[C@@H]2O[C@@H]3CO[P+](O)(S)O[C@H]4[C@H](F)[C@H](n5cnc6c(N)ncnc65)O[C@@H]4CO[P+](O)(S)O[C@@H]2[C@@H]3F)c(=O)[nH]1. The first-order chi connectivity index (χ1) is 21.3. The summed E-state index contributed by atoms with van der Waals surface area (Å²) in [6, 6.07) is 0. The lowest BCUT2D eigenvalue weighted by molar-refractivity contribution is -0.0605. The number of aromatic nitrogens is 8. The summed E-state index contributed by atoms with van der Waals surface area (Å²) in [7, 11) is -8.43. The Kier molecular flexibility index (Phi) is 7.90. The number of imidazole rings is 2. The molecule has 0 saturated carbocycles. The fourth-order valence-electron chi connectivity index (χ4n) is 5.25. The second-order valence-electron chi connectivity index (χ2n) is 10.1. The summed E-state index contributed by atoms with van der Waals surface area (Å²) in [5, 5.41) is 0. The number of nitrogens with one attached hydrogen (secondary N) is 1. The predicted molar refractivity (Wildman–Crippen MR) is 158 cm³/mol. The molecule has 7 rings (SSSR count). The summed E-state index contributed by atoms with van der Waals surface area (Å²) in [4.78, 5) is 56.7. The molecule has 7 heterocycles. The predicted octanol–water partition coefficient (Wildman–Crippen LogP) is 0.611. The van der Waals surface area contributed by atoms with Crippen molar-refractivity contribution in [2.24, 2.45) is 0 Å². The number of rotatable bonds is 2. The molecule has 3 aliphatic heterocycles. The van der Waals surface area contributed by atoms with Gasteiger partial charge < -0.3 is 20.9 Å². The number of hydrogen-bond acceptors (Lipinski definition) is 18. The van der Waals surface area contributed by atoms with E-state index in [0.717, 1.165) is 12.7 Å². The minimum Gasteiger partial charge on any atom is -0.382 e. The van der Waals surface area contributed by atoms with Crippen molar-refractivity contribution in [2.75, 3.05) is 24.7 Å². The number of nitrogens with zero attached hydrogens (tertiary/aromatic N) is 7. The van der Waals surface area contributed by atoms with E-state index in [9.17, 15) is 14.6 Å². The average Bonchev–Trinajstić information content (AvgIpc) is 3.72. The second kappa shape index (κ2) is 11.4. The first kappa shape index (κ1) is 31.2. The third-order valence-corrected chi connectivity index (χ3v) is 10.5. The van der Waals surface area contributed by atoms with E-state index >= 15 is 8.78 Å². The summed E-state index contributed by atoms with van der Waals surface area (Å²) >= 11 is 8.19. The molecular formula is C20H24F2N10O9P2S2+2. The van der Waals surface area contributed by atoms with E-state index in [-0.39, 0.29) is 34.1 Å². The fourth-order valence-corrected chi connectivity index (χ4v) is 8.21. The van der Waals surface area contributed by atoms with Crippen molar-refractivity contribution >= 4 is 72.9 Å². The van der Waals surface area contributed by atoms with Crippen LogP contribution in [0.5, 0.6) is 0 Å². The van der Waals surface area contributed by atoms with Crippen LogP contribution in [0.2, 0.25) is 0 Å². The van der Waals surface area contributed by atoms with E-state index in [4.69, 9.17) is 39.0 Å². The third kappa shape index (κ3) is 5.63. The Bertz CT molecular complexity index is 1820. The van der Waals surface area contributed by atoms with Crippen molar-refractivity contribution in [1.82, 2.24) is 39.0 Å². The molecule has 0 radical (unpaired) electrons. The highest BCUT2D eigenvalue weighted by atomic mass is 32.7. The largest absolute Gasteiger partial charge is 0.476 e. The molecule has 242 valence electrons. The average molecular weight is 713 g/mol. The maximum Gasteiger partial charge on any atom is 0.476 e. The molecule has 0 aliphatic carbocycles. The smallest absolute Gasteiger partial charge is 0.382 e. The highest BCUT2D eigenvalue weighted by molar-refractivity contribution is 8.47. The minimum absolute atomic E-state index is 0.0523. The number of anilines is 2. The van der Waals surface area contributed by atoms with Crippen LogP contribution in [0, 0.1) is 0 Å². The lowest BCUT2D eigenvalue weighted by Gasteiger charge is -2.23. The van der Waals surface area contributed by atoms with Gasteiger partial charge in [0.05, 0.1) is 37.2 Å². The zero-order chi connectivity index (χ0) is 31.8. The molecule has 4 aromatic rings. The van der Waals surface area contributed by atoms with Crippen molar-refractivity contribution in [3.63, 3.8) is 0 Å². The van der Waals surface area contributed by atoms with Crippen molar-refractivity contribution in [2.45, 2.75) is 49.2 Å². The standard InChI is InChI=1S/C20H23F2N10O9P2S2/c21-8-6-1-36-42(34,44)40-12-7(39-18(9(12)22)31-4-27-10-14(23)25-3-26-15(10)31)2-37-43(35,45)41-13(8)19(38-6)32-5-28-11-16(32)29-20(24)30-17(11)33/h3-9,12-13,18-19,34-35,44-45H,1-2H2,(H4-,23,24,25,26,29,30,33)/q+1/p+1/t6-,7-,8-,9+,12-,13-,18-,19-,42?,43?/m1/s1. The Morgan fingerprint density at radius 2 is 1.49 bits per heavy atom. The number of nitrogens with two attached hydrogens (primary N) is 2. The Balaban J connectivity index is 1.20. The van der Waals surface area contributed by atoms with E-state index in [1.54, 1.807) is 0 Å². The minimum atomic E-state index is -4.23. The van der Waals surface area contributed by atoms with Gasteiger partial charge in [-0.05, 0) is 0 Å². The summed E-state index contributed by atoms with van der Waals surface area (Å²) in [5.41, 5.74) is 11.0. The molecule has 19 nitrogen and oxygen atoms in total. The third-order valence-electron chi connectivity index (χ3n) is 7.25.